The zero-order valence-electron chi connectivity index (χ0n) is 16.0. The molecule has 156 valence electrons. The fourth-order valence-corrected chi connectivity index (χ4v) is 3.26. The zero-order chi connectivity index (χ0) is 20.6. The molecule has 3 rings (SSSR count). The smallest absolute Gasteiger partial charge is 0.256 e. The zero-order valence-corrected chi connectivity index (χ0v) is 17.5. The molecule has 0 spiro atoms. The van der Waals surface area contributed by atoms with Crippen molar-refractivity contribution >= 4 is 35.4 Å². The molecule has 1 aliphatic heterocycles. The van der Waals surface area contributed by atoms with Crippen LogP contribution in [-0.4, -0.2) is 42.1 Å². The Hall–Kier alpha value is -1.93. The van der Waals surface area contributed by atoms with Gasteiger partial charge in [0.05, 0.1) is 29.0 Å². The van der Waals surface area contributed by atoms with E-state index in [1.807, 2.05) is 6.07 Å². The summed E-state index contributed by atoms with van der Waals surface area (Å²) >= 11 is 11.9. The highest BCUT2D eigenvalue weighted by Gasteiger charge is 2.18. The van der Waals surface area contributed by atoms with E-state index in [4.69, 9.17) is 38.1 Å². The van der Waals surface area contributed by atoms with E-state index in [9.17, 15) is 4.79 Å². The molecule has 1 aromatic carbocycles. The molecule has 0 bridgehead atoms. The first-order valence-corrected chi connectivity index (χ1v) is 10.3. The van der Waals surface area contributed by atoms with E-state index in [0.29, 0.717) is 60.0 Å². The second kappa shape index (κ2) is 10.7. The van der Waals surface area contributed by atoms with Gasteiger partial charge < -0.3 is 20.2 Å². The Labute approximate surface area is 179 Å². The van der Waals surface area contributed by atoms with Crippen molar-refractivity contribution in [2.45, 2.75) is 38.3 Å². The molecule has 0 amide bonds. The van der Waals surface area contributed by atoms with E-state index in [0.717, 1.165) is 31.0 Å². The molecule has 1 aromatic heterocycles. The minimum Gasteiger partial charge on any atom is -0.376 e. The summed E-state index contributed by atoms with van der Waals surface area (Å²) in [5.41, 5.74) is 1.60. The van der Waals surface area contributed by atoms with E-state index in [1.165, 1.54) is 0 Å². The third kappa shape index (κ3) is 6.27. The second-order valence-electron chi connectivity index (χ2n) is 6.87. The number of rotatable bonds is 11. The van der Waals surface area contributed by atoms with Crippen molar-refractivity contribution in [3.63, 3.8) is 0 Å². The van der Waals surface area contributed by atoms with E-state index in [2.05, 4.69) is 15.3 Å². The van der Waals surface area contributed by atoms with E-state index in [-0.39, 0.29) is 11.7 Å². The Morgan fingerprint density at radius 1 is 1.28 bits per heavy atom. The number of ether oxygens (including phenoxy) is 2. The van der Waals surface area contributed by atoms with Crippen LogP contribution in [0.25, 0.3) is 0 Å². The maximum atomic E-state index is 12.5. The Bertz CT molecular complexity index is 900. The van der Waals surface area contributed by atoms with Crippen molar-refractivity contribution in [3.8, 4) is 0 Å². The molecular formula is C20H24Cl2N4O3. The van der Waals surface area contributed by atoms with Crippen molar-refractivity contribution in [2.24, 2.45) is 0 Å². The summed E-state index contributed by atoms with van der Waals surface area (Å²) in [5, 5.41) is 11.6. The average molecular weight is 439 g/mol. The van der Waals surface area contributed by atoms with Crippen LogP contribution in [0.1, 0.15) is 36.1 Å². The molecule has 0 radical (unpaired) electrons. The quantitative estimate of drug-likeness (QED) is 0.365. The monoisotopic (exact) mass is 438 g/mol. The summed E-state index contributed by atoms with van der Waals surface area (Å²) in [6.45, 7) is 2.50. The SMILES string of the molecule is N=Cc1nc(NCc2ccc(Cl)c(Cl)c2)[nH]c(=O)c1CCCCCOC1COC1. The maximum Gasteiger partial charge on any atom is 0.256 e. The van der Waals surface area contributed by atoms with Crippen LogP contribution in [0.15, 0.2) is 23.0 Å². The van der Waals surface area contributed by atoms with E-state index >= 15 is 0 Å². The Balaban J connectivity index is 1.51. The van der Waals surface area contributed by atoms with Crippen molar-refractivity contribution in [2.75, 3.05) is 25.1 Å². The topological polar surface area (TPSA) is 100 Å². The molecule has 9 heteroatoms. The highest BCUT2D eigenvalue weighted by molar-refractivity contribution is 6.42. The van der Waals surface area contributed by atoms with Gasteiger partial charge in [-0.15, -0.1) is 0 Å². The van der Waals surface area contributed by atoms with Gasteiger partial charge in [-0.2, -0.15) is 0 Å². The van der Waals surface area contributed by atoms with Crippen molar-refractivity contribution in [1.82, 2.24) is 9.97 Å². The minimum atomic E-state index is -0.224. The molecule has 3 N–H and O–H groups in total. The van der Waals surface area contributed by atoms with Gasteiger partial charge >= 0.3 is 0 Å². The number of hydrogen-bond donors (Lipinski definition) is 3. The third-order valence-electron chi connectivity index (χ3n) is 4.66. The molecule has 0 saturated carbocycles. The number of anilines is 1. The molecule has 2 aromatic rings. The second-order valence-corrected chi connectivity index (χ2v) is 7.68. The predicted molar refractivity (Wildman–Crippen MR) is 115 cm³/mol. The molecule has 1 aliphatic rings. The molecule has 1 fully saturated rings. The number of halogens is 2. The lowest BCUT2D eigenvalue weighted by Gasteiger charge is -2.25. The Morgan fingerprint density at radius 2 is 2.10 bits per heavy atom. The summed E-state index contributed by atoms with van der Waals surface area (Å²) in [7, 11) is 0. The van der Waals surface area contributed by atoms with Gasteiger partial charge in [0.1, 0.15) is 6.10 Å². The van der Waals surface area contributed by atoms with Crippen LogP contribution >= 0.6 is 23.2 Å². The summed E-state index contributed by atoms with van der Waals surface area (Å²) in [6, 6.07) is 5.31. The van der Waals surface area contributed by atoms with E-state index in [1.54, 1.807) is 12.1 Å². The number of aromatic nitrogens is 2. The van der Waals surface area contributed by atoms with Gasteiger partial charge in [-0.3, -0.25) is 9.78 Å². The first kappa shape index (κ1) is 21.8. The largest absolute Gasteiger partial charge is 0.376 e. The highest BCUT2D eigenvalue weighted by atomic mass is 35.5. The lowest BCUT2D eigenvalue weighted by Crippen LogP contribution is -2.36. The fourth-order valence-electron chi connectivity index (χ4n) is 2.94. The van der Waals surface area contributed by atoms with Gasteiger partial charge in [-0.1, -0.05) is 35.7 Å². The Kier molecular flexibility index (Phi) is 8.06. The van der Waals surface area contributed by atoms with Crippen LogP contribution in [0.3, 0.4) is 0 Å². The molecule has 29 heavy (non-hydrogen) atoms. The Morgan fingerprint density at radius 3 is 2.79 bits per heavy atom. The van der Waals surface area contributed by atoms with Gasteiger partial charge in [-0.05, 0) is 37.0 Å². The summed E-state index contributed by atoms with van der Waals surface area (Å²) < 4.78 is 10.7. The number of nitrogens with one attached hydrogen (secondary N) is 3. The summed E-state index contributed by atoms with van der Waals surface area (Å²) in [5.74, 6) is 0.319. The van der Waals surface area contributed by atoms with Crippen molar-refractivity contribution in [3.05, 3.63) is 55.4 Å². The number of aromatic amines is 1. The average Bonchev–Trinajstić information content (AvgIpc) is 2.67. The number of unbranched alkanes of at least 4 members (excludes halogenated alkanes) is 2. The molecule has 1 saturated heterocycles. The number of H-pyrrole nitrogens is 1. The molecular weight excluding hydrogens is 415 g/mol. The van der Waals surface area contributed by atoms with E-state index < -0.39 is 0 Å². The van der Waals surface area contributed by atoms with Gasteiger partial charge in [-0.25, -0.2) is 4.98 Å². The summed E-state index contributed by atoms with van der Waals surface area (Å²) in [4.78, 5) is 19.6. The fraction of sp³-hybridized carbons (Fsp3) is 0.450. The molecule has 0 atom stereocenters. The van der Waals surface area contributed by atoms with Crippen LogP contribution in [0.2, 0.25) is 10.0 Å². The molecule has 7 nitrogen and oxygen atoms in total. The number of hydrogen-bond acceptors (Lipinski definition) is 6. The first-order valence-electron chi connectivity index (χ1n) is 9.57. The van der Waals surface area contributed by atoms with Crippen molar-refractivity contribution < 1.29 is 9.47 Å². The number of nitrogens with zero attached hydrogens (tertiary/aromatic N) is 1. The standard InChI is InChI=1S/C20H24Cl2N4O3/c21-16-6-5-13(8-17(16)22)10-24-20-25-18(9-23)15(19(27)26-20)4-2-1-3-7-29-14-11-28-12-14/h5-6,8-9,14,23H,1-4,7,10-12H2,(H2,24,25,26,27). The van der Waals surface area contributed by atoms with Crippen LogP contribution in [-0.2, 0) is 22.4 Å². The van der Waals surface area contributed by atoms with Gasteiger partial charge in [0.2, 0.25) is 5.95 Å². The van der Waals surface area contributed by atoms with Gasteiger partial charge in [0, 0.05) is 24.9 Å². The third-order valence-corrected chi connectivity index (χ3v) is 5.40. The number of benzene rings is 1. The highest BCUT2D eigenvalue weighted by Crippen LogP contribution is 2.22. The van der Waals surface area contributed by atoms with Crippen LogP contribution in [0.5, 0.6) is 0 Å². The molecule has 0 unspecified atom stereocenters. The molecule has 0 aliphatic carbocycles. The lowest BCUT2D eigenvalue weighted by molar-refractivity contribution is -0.129. The van der Waals surface area contributed by atoms with Crippen LogP contribution in [0, 0.1) is 5.41 Å². The van der Waals surface area contributed by atoms with Gasteiger partial charge in [0.25, 0.3) is 5.56 Å². The van der Waals surface area contributed by atoms with Crippen LogP contribution < -0.4 is 10.9 Å². The predicted octanol–water partition coefficient (Wildman–Crippen LogP) is 3.81. The lowest BCUT2D eigenvalue weighted by atomic mass is 10.1. The van der Waals surface area contributed by atoms with Gasteiger partial charge in [0.15, 0.2) is 0 Å². The van der Waals surface area contributed by atoms with Crippen molar-refractivity contribution in [1.29, 1.82) is 5.41 Å². The molecule has 2 heterocycles. The van der Waals surface area contributed by atoms with Crippen LogP contribution in [0.4, 0.5) is 5.95 Å². The maximum absolute atomic E-state index is 12.5. The minimum absolute atomic E-state index is 0.224. The summed E-state index contributed by atoms with van der Waals surface area (Å²) in [6.07, 6.45) is 4.66. The normalized spacial score (nSPS) is 13.9. The first-order chi connectivity index (χ1) is 14.1.